The van der Waals surface area contributed by atoms with Crippen molar-refractivity contribution in [3.05, 3.63) is 24.2 Å². The summed E-state index contributed by atoms with van der Waals surface area (Å²) < 4.78 is 34.0. The zero-order valence-corrected chi connectivity index (χ0v) is 18.2. The summed E-state index contributed by atoms with van der Waals surface area (Å²) in [6, 6.07) is 3.79. The van der Waals surface area contributed by atoms with Crippen molar-refractivity contribution in [2.75, 3.05) is 45.6 Å². The molecule has 1 aromatic heterocycles. The number of sulfone groups is 1. The number of aliphatic imine (C=N–C) groups is 1. The highest BCUT2D eigenvalue weighted by Gasteiger charge is 2.40. The molecule has 0 aromatic carbocycles. The topological polar surface area (TPSA) is 84.1 Å². The van der Waals surface area contributed by atoms with Crippen molar-refractivity contribution in [1.29, 1.82) is 0 Å². The van der Waals surface area contributed by atoms with Gasteiger partial charge in [0.25, 0.3) is 0 Å². The van der Waals surface area contributed by atoms with Gasteiger partial charge in [0.05, 0.1) is 29.9 Å². The van der Waals surface area contributed by atoms with Gasteiger partial charge in [0.1, 0.15) is 5.76 Å². The standard InChI is InChI=1S/C16H27N3O4S.HI/c1-16(2)13-19(9-12-24(16,20)21)15(18-8-11-22-3)17-7-6-14-5-4-10-23-14;/h4-5,10H,6-9,11-13H2,1-3H3,(H,17,18);1H. The number of nitrogens with one attached hydrogen (secondary N) is 1. The van der Waals surface area contributed by atoms with Crippen molar-refractivity contribution in [2.24, 2.45) is 4.99 Å². The van der Waals surface area contributed by atoms with E-state index in [0.29, 0.717) is 32.8 Å². The van der Waals surface area contributed by atoms with Gasteiger partial charge < -0.3 is 19.4 Å². The molecule has 2 heterocycles. The number of halogens is 1. The molecule has 0 aliphatic carbocycles. The largest absolute Gasteiger partial charge is 0.469 e. The third-order valence-electron chi connectivity index (χ3n) is 4.13. The Hall–Kier alpha value is -0.810. The summed E-state index contributed by atoms with van der Waals surface area (Å²) in [7, 11) is -1.44. The van der Waals surface area contributed by atoms with Gasteiger partial charge in [-0.3, -0.25) is 4.99 Å². The first-order valence-corrected chi connectivity index (χ1v) is 9.78. The highest BCUT2D eigenvalue weighted by Crippen LogP contribution is 2.23. The zero-order chi connectivity index (χ0) is 17.6. The number of methoxy groups -OCH3 is 1. The second kappa shape index (κ2) is 9.77. The number of hydrogen-bond donors (Lipinski definition) is 1. The first-order valence-electron chi connectivity index (χ1n) is 8.12. The van der Waals surface area contributed by atoms with E-state index in [9.17, 15) is 8.42 Å². The van der Waals surface area contributed by atoms with E-state index in [1.807, 2.05) is 17.0 Å². The van der Waals surface area contributed by atoms with Crippen LogP contribution in [0.5, 0.6) is 0 Å². The predicted octanol–water partition coefficient (Wildman–Crippen LogP) is 1.54. The molecule has 0 radical (unpaired) electrons. The lowest BCUT2D eigenvalue weighted by molar-refractivity contribution is 0.207. The molecule has 0 bridgehead atoms. The van der Waals surface area contributed by atoms with Crippen LogP contribution in [0.3, 0.4) is 0 Å². The molecule has 2 rings (SSSR count). The van der Waals surface area contributed by atoms with Crippen LogP contribution in [0.15, 0.2) is 27.8 Å². The molecule has 9 heteroatoms. The molecule has 0 spiro atoms. The molecule has 1 fully saturated rings. The number of furan rings is 1. The van der Waals surface area contributed by atoms with E-state index < -0.39 is 14.6 Å². The highest BCUT2D eigenvalue weighted by molar-refractivity contribution is 14.0. The van der Waals surface area contributed by atoms with Crippen LogP contribution < -0.4 is 5.32 Å². The van der Waals surface area contributed by atoms with Gasteiger partial charge in [-0.25, -0.2) is 8.42 Å². The van der Waals surface area contributed by atoms with Gasteiger partial charge in [-0.15, -0.1) is 24.0 Å². The molecular formula is C16H28IN3O4S. The maximum Gasteiger partial charge on any atom is 0.194 e. The molecule has 0 amide bonds. The molecule has 1 aliphatic rings. The molecule has 1 aromatic rings. The fraction of sp³-hybridized carbons (Fsp3) is 0.688. The van der Waals surface area contributed by atoms with E-state index in [2.05, 4.69) is 10.3 Å². The van der Waals surface area contributed by atoms with Crippen molar-refractivity contribution < 1.29 is 17.6 Å². The number of ether oxygens (including phenoxy) is 1. The normalized spacial score (nSPS) is 19.3. The van der Waals surface area contributed by atoms with Crippen molar-refractivity contribution in [3.63, 3.8) is 0 Å². The van der Waals surface area contributed by atoms with Crippen molar-refractivity contribution >= 4 is 39.8 Å². The molecule has 1 saturated heterocycles. The van der Waals surface area contributed by atoms with E-state index in [1.54, 1.807) is 27.2 Å². The molecule has 7 nitrogen and oxygen atoms in total. The Morgan fingerprint density at radius 1 is 1.48 bits per heavy atom. The van der Waals surface area contributed by atoms with Gasteiger partial charge in [-0.2, -0.15) is 0 Å². The smallest absolute Gasteiger partial charge is 0.194 e. The third-order valence-corrected chi connectivity index (χ3v) is 6.67. The Labute approximate surface area is 167 Å². The van der Waals surface area contributed by atoms with Crippen LogP contribution in [-0.2, 0) is 21.0 Å². The lowest BCUT2D eigenvalue weighted by Crippen LogP contribution is -2.57. The maximum atomic E-state index is 12.2. The number of hydrogen-bond acceptors (Lipinski definition) is 5. The molecule has 1 aliphatic heterocycles. The molecule has 1 N–H and O–H groups in total. The number of guanidine groups is 1. The van der Waals surface area contributed by atoms with Gasteiger partial charge >= 0.3 is 0 Å². The number of nitrogens with zero attached hydrogens (tertiary/aromatic N) is 2. The summed E-state index contributed by atoms with van der Waals surface area (Å²) in [4.78, 5) is 6.56. The van der Waals surface area contributed by atoms with Crippen LogP contribution in [0.1, 0.15) is 19.6 Å². The molecule has 0 unspecified atom stereocenters. The third kappa shape index (κ3) is 6.14. The average molecular weight is 485 g/mol. The van der Waals surface area contributed by atoms with Crippen LogP contribution in [-0.4, -0.2) is 69.7 Å². The van der Waals surface area contributed by atoms with E-state index in [0.717, 1.165) is 18.1 Å². The summed E-state index contributed by atoms with van der Waals surface area (Å²) in [6.45, 7) is 6.14. The predicted molar refractivity (Wildman–Crippen MR) is 109 cm³/mol. The molecule has 0 atom stereocenters. The first kappa shape index (κ1) is 22.2. The SMILES string of the molecule is COCCN=C(NCCc1ccco1)N1CCS(=O)(=O)C(C)(C)C1.I. The molecular weight excluding hydrogens is 457 g/mol. The second-order valence-corrected chi connectivity index (χ2v) is 9.20. The van der Waals surface area contributed by atoms with Crippen LogP contribution in [0.25, 0.3) is 0 Å². The molecule has 144 valence electrons. The quantitative estimate of drug-likeness (QED) is 0.285. The minimum Gasteiger partial charge on any atom is -0.469 e. The fourth-order valence-corrected chi connectivity index (χ4v) is 3.95. The minimum absolute atomic E-state index is 0. The molecule has 25 heavy (non-hydrogen) atoms. The van der Waals surface area contributed by atoms with E-state index in [-0.39, 0.29) is 29.7 Å². The second-order valence-electron chi connectivity index (χ2n) is 6.45. The lowest BCUT2D eigenvalue weighted by Gasteiger charge is -2.39. The Bertz CT molecular complexity index is 644. The van der Waals surface area contributed by atoms with Crippen LogP contribution in [0.2, 0.25) is 0 Å². The van der Waals surface area contributed by atoms with Gasteiger partial charge in [0.2, 0.25) is 0 Å². The van der Waals surface area contributed by atoms with Crippen LogP contribution in [0, 0.1) is 0 Å². The lowest BCUT2D eigenvalue weighted by atomic mass is 10.2. The summed E-state index contributed by atoms with van der Waals surface area (Å²) in [6.07, 6.45) is 2.40. The van der Waals surface area contributed by atoms with E-state index >= 15 is 0 Å². The number of rotatable bonds is 6. The molecule has 0 saturated carbocycles. The van der Waals surface area contributed by atoms with Crippen LogP contribution in [0.4, 0.5) is 0 Å². The Morgan fingerprint density at radius 2 is 2.24 bits per heavy atom. The van der Waals surface area contributed by atoms with Gasteiger partial charge in [0.15, 0.2) is 15.8 Å². The fourth-order valence-electron chi connectivity index (χ4n) is 2.59. The maximum absolute atomic E-state index is 12.2. The Balaban J connectivity index is 0.00000312. The minimum atomic E-state index is -3.07. The summed E-state index contributed by atoms with van der Waals surface area (Å²) in [5.41, 5.74) is 0. The summed E-state index contributed by atoms with van der Waals surface area (Å²) in [5, 5.41) is 3.32. The first-order chi connectivity index (χ1) is 11.4. The van der Waals surface area contributed by atoms with Gasteiger partial charge in [-0.1, -0.05) is 0 Å². The van der Waals surface area contributed by atoms with Gasteiger partial charge in [0, 0.05) is 33.2 Å². The summed E-state index contributed by atoms with van der Waals surface area (Å²) >= 11 is 0. The Morgan fingerprint density at radius 3 is 2.84 bits per heavy atom. The Kier molecular flexibility index (Phi) is 8.69. The van der Waals surface area contributed by atoms with Crippen molar-refractivity contribution in [1.82, 2.24) is 10.2 Å². The monoisotopic (exact) mass is 485 g/mol. The summed E-state index contributed by atoms with van der Waals surface area (Å²) in [5.74, 6) is 1.77. The van der Waals surface area contributed by atoms with Crippen LogP contribution >= 0.6 is 24.0 Å². The van der Waals surface area contributed by atoms with Gasteiger partial charge in [-0.05, 0) is 26.0 Å². The van der Waals surface area contributed by atoms with Crippen molar-refractivity contribution in [2.45, 2.75) is 25.0 Å². The zero-order valence-electron chi connectivity index (χ0n) is 15.0. The highest BCUT2D eigenvalue weighted by atomic mass is 127. The van der Waals surface area contributed by atoms with E-state index in [4.69, 9.17) is 9.15 Å². The van der Waals surface area contributed by atoms with Crippen molar-refractivity contribution in [3.8, 4) is 0 Å². The average Bonchev–Trinajstić information content (AvgIpc) is 3.02. The van der Waals surface area contributed by atoms with E-state index in [1.165, 1.54) is 0 Å².